The van der Waals surface area contributed by atoms with Gasteiger partial charge in [0.05, 0.1) is 16.7 Å². The zero-order valence-electron chi connectivity index (χ0n) is 20.8. The first-order valence-electron chi connectivity index (χ1n) is 11.7. The third-order valence-corrected chi connectivity index (χ3v) is 6.37. The lowest BCUT2D eigenvalue weighted by atomic mass is 9.78. The summed E-state index contributed by atoms with van der Waals surface area (Å²) in [5.74, 6) is 0. The molecule has 0 aromatic heterocycles. The monoisotopic (exact) mass is 552 g/mol. The molecule has 9 heteroatoms. The summed E-state index contributed by atoms with van der Waals surface area (Å²) in [6.07, 6.45) is -16.9. The third kappa shape index (κ3) is 5.53. The summed E-state index contributed by atoms with van der Waals surface area (Å²) in [4.78, 5) is 0. The average molecular weight is 552 g/mol. The molecule has 0 saturated carbocycles. The van der Waals surface area contributed by atoms with Gasteiger partial charge in [-0.1, -0.05) is 89.5 Å². The Labute approximate surface area is 218 Å². The van der Waals surface area contributed by atoms with Crippen molar-refractivity contribution in [3.05, 3.63) is 106 Å². The molecule has 0 fully saturated rings. The highest BCUT2D eigenvalue weighted by Gasteiger charge is 2.52. The molecule has 0 heterocycles. The number of hydrogen-bond donors (Lipinski definition) is 0. The largest absolute Gasteiger partial charge is 0.417 e. The van der Waals surface area contributed by atoms with E-state index in [1.54, 1.807) is 20.8 Å². The number of benzene rings is 4. The minimum Gasteiger partial charge on any atom is -0.166 e. The van der Waals surface area contributed by atoms with Crippen LogP contribution in [-0.2, 0) is 18.5 Å². The molecular formula is C30H21F9. The van der Waals surface area contributed by atoms with Gasteiger partial charge in [-0.25, -0.2) is 0 Å². The van der Waals surface area contributed by atoms with E-state index in [1.165, 1.54) is 48.5 Å². The molecule has 0 amide bonds. The van der Waals surface area contributed by atoms with Crippen LogP contribution in [0, 0.1) is 20.8 Å². The molecule has 39 heavy (non-hydrogen) atoms. The van der Waals surface area contributed by atoms with Gasteiger partial charge in [0.2, 0.25) is 0 Å². The average Bonchev–Trinajstić information content (AvgIpc) is 2.82. The van der Waals surface area contributed by atoms with E-state index in [0.717, 1.165) is 24.3 Å². The Morgan fingerprint density at radius 3 is 0.846 bits per heavy atom. The molecule has 4 rings (SSSR count). The van der Waals surface area contributed by atoms with Crippen LogP contribution < -0.4 is 0 Å². The molecular weight excluding hydrogens is 531 g/mol. The fraction of sp³-hybridized carbons (Fsp3) is 0.200. The molecule has 204 valence electrons. The lowest BCUT2D eigenvalue weighted by Crippen LogP contribution is -2.24. The van der Waals surface area contributed by atoms with E-state index in [9.17, 15) is 39.5 Å². The molecule has 0 aliphatic heterocycles. The summed E-state index contributed by atoms with van der Waals surface area (Å²) in [6, 6.07) is 14.5. The second-order valence-corrected chi connectivity index (χ2v) is 9.34. The summed E-state index contributed by atoms with van der Waals surface area (Å²) in [7, 11) is 0. The van der Waals surface area contributed by atoms with Gasteiger partial charge in [0.1, 0.15) is 0 Å². The Hall–Kier alpha value is -3.75. The van der Waals surface area contributed by atoms with E-state index in [4.69, 9.17) is 0 Å². The van der Waals surface area contributed by atoms with Crippen LogP contribution in [0.25, 0.3) is 33.4 Å². The van der Waals surface area contributed by atoms with Gasteiger partial charge in [0, 0.05) is 16.7 Å². The topological polar surface area (TPSA) is 0 Å². The Kier molecular flexibility index (Phi) is 7.08. The minimum absolute atomic E-state index is 0.295. The van der Waals surface area contributed by atoms with E-state index in [2.05, 4.69) is 0 Å². The van der Waals surface area contributed by atoms with Gasteiger partial charge in [-0.3, -0.25) is 0 Å². The second kappa shape index (κ2) is 9.77. The molecule has 0 aliphatic carbocycles. The Balaban J connectivity index is 2.42. The van der Waals surface area contributed by atoms with Crippen molar-refractivity contribution in [2.24, 2.45) is 0 Å². The third-order valence-electron chi connectivity index (χ3n) is 6.37. The molecule has 0 saturated heterocycles. The van der Waals surface area contributed by atoms with Crippen molar-refractivity contribution >= 4 is 0 Å². The normalized spacial score (nSPS) is 12.6. The summed E-state index contributed by atoms with van der Waals surface area (Å²) in [5.41, 5.74) is -9.72. The van der Waals surface area contributed by atoms with Crippen molar-refractivity contribution in [1.29, 1.82) is 0 Å². The summed E-state index contributed by atoms with van der Waals surface area (Å²) >= 11 is 0. The molecule has 0 unspecified atom stereocenters. The van der Waals surface area contributed by atoms with Crippen LogP contribution in [-0.4, -0.2) is 0 Å². The Morgan fingerprint density at radius 1 is 0.333 bits per heavy atom. The number of alkyl halides is 9. The summed E-state index contributed by atoms with van der Waals surface area (Å²) < 4.78 is 133. The molecule has 4 aromatic rings. The smallest absolute Gasteiger partial charge is 0.166 e. The lowest BCUT2D eigenvalue weighted by Gasteiger charge is -2.30. The van der Waals surface area contributed by atoms with Crippen LogP contribution in [0.1, 0.15) is 33.4 Å². The highest BCUT2D eigenvalue weighted by atomic mass is 19.4. The Bertz CT molecular complexity index is 1490. The van der Waals surface area contributed by atoms with Crippen LogP contribution in [0.5, 0.6) is 0 Å². The molecule has 4 aromatic carbocycles. The highest BCUT2D eigenvalue weighted by molar-refractivity contribution is 5.95. The molecule has 0 atom stereocenters. The number of rotatable bonds is 3. The van der Waals surface area contributed by atoms with Gasteiger partial charge in [-0.05, 0) is 37.5 Å². The number of halogens is 9. The number of aryl methyl sites for hydroxylation is 3. The first-order chi connectivity index (χ1) is 18.0. The van der Waals surface area contributed by atoms with Crippen molar-refractivity contribution in [2.75, 3.05) is 0 Å². The SMILES string of the molecule is Cc1ccc(-c2c(-c3ccc(C)cc3)c(C(F)(F)F)c(C(F)(F)F)c(-c3ccc(C)cc3)c2C(F)(F)F)cc1. The zero-order valence-corrected chi connectivity index (χ0v) is 20.8. The maximum absolute atomic E-state index is 14.9. The molecule has 0 spiro atoms. The van der Waals surface area contributed by atoms with E-state index < -0.39 is 63.0 Å². The molecule has 0 aliphatic rings. The van der Waals surface area contributed by atoms with E-state index >= 15 is 0 Å². The predicted molar refractivity (Wildman–Crippen MR) is 132 cm³/mol. The van der Waals surface area contributed by atoms with Crippen molar-refractivity contribution < 1.29 is 39.5 Å². The van der Waals surface area contributed by atoms with E-state index in [-0.39, 0.29) is 5.56 Å². The van der Waals surface area contributed by atoms with Gasteiger partial charge >= 0.3 is 18.5 Å². The molecule has 0 bridgehead atoms. The van der Waals surface area contributed by atoms with Crippen LogP contribution >= 0.6 is 0 Å². The Morgan fingerprint density at radius 2 is 0.564 bits per heavy atom. The molecule has 0 radical (unpaired) electrons. The van der Waals surface area contributed by atoms with Crippen LogP contribution in [0.2, 0.25) is 0 Å². The minimum atomic E-state index is -5.78. The van der Waals surface area contributed by atoms with Gasteiger partial charge in [-0.2, -0.15) is 39.5 Å². The van der Waals surface area contributed by atoms with E-state index in [0.29, 0.717) is 16.7 Å². The maximum atomic E-state index is 14.9. The van der Waals surface area contributed by atoms with Crippen molar-refractivity contribution in [3.8, 4) is 33.4 Å². The zero-order chi connectivity index (χ0) is 28.9. The van der Waals surface area contributed by atoms with Crippen molar-refractivity contribution in [3.63, 3.8) is 0 Å². The summed E-state index contributed by atoms with van der Waals surface area (Å²) in [5, 5.41) is 0. The summed E-state index contributed by atoms with van der Waals surface area (Å²) in [6.45, 7) is 4.78. The highest BCUT2D eigenvalue weighted by Crippen LogP contribution is 2.57. The first kappa shape index (κ1) is 28.3. The standard InChI is InChI=1S/C30H21F9/c1-16-4-10-19(11-5-16)22-23(20-12-6-17(2)7-13-20)26(29(34,35)36)27(30(37,38)39)24(25(22)28(31,32)33)21-14-8-18(3)9-15-21/h4-15H,1-3H3. The van der Waals surface area contributed by atoms with Crippen molar-refractivity contribution in [2.45, 2.75) is 39.3 Å². The first-order valence-corrected chi connectivity index (χ1v) is 11.7. The maximum Gasteiger partial charge on any atom is 0.417 e. The van der Waals surface area contributed by atoms with E-state index in [1.807, 2.05) is 0 Å². The quantitative estimate of drug-likeness (QED) is 0.222. The van der Waals surface area contributed by atoms with Gasteiger partial charge in [0.15, 0.2) is 0 Å². The second-order valence-electron chi connectivity index (χ2n) is 9.34. The molecule has 0 N–H and O–H groups in total. The van der Waals surface area contributed by atoms with Crippen molar-refractivity contribution in [1.82, 2.24) is 0 Å². The fourth-order valence-electron chi connectivity index (χ4n) is 4.63. The lowest BCUT2D eigenvalue weighted by molar-refractivity contribution is -0.162. The van der Waals surface area contributed by atoms with Crippen LogP contribution in [0.4, 0.5) is 39.5 Å². The predicted octanol–water partition coefficient (Wildman–Crippen LogP) is 10.7. The molecule has 0 nitrogen and oxygen atoms in total. The van der Waals surface area contributed by atoms with Gasteiger partial charge in [-0.15, -0.1) is 0 Å². The van der Waals surface area contributed by atoms with Crippen LogP contribution in [0.15, 0.2) is 72.8 Å². The van der Waals surface area contributed by atoms with Crippen LogP contribution in [0.3, 0.4) is 0 Å². The number of hydrogen-bond acceptors (Lipinski definition) is 0. The van der Waals surface area contributed by atoms with Gasteiger partial charge in [0.25, 0.3) is 0 Å². The van der Waals surface area contributed by atoms with Gasteiger partial charge < -0.3 is 0 Å². The fourth-order valence-corrected chi connectivity index (χ4v) is 4.63.